The normalized spacial score (nSPS) is 25.7. The molecule has 140 valence electrons. The first-order chi connectivity index (χ1) is 11.9. The van der Waals surface area contributed by atoms with Crippen LogP contribution in [0.5, 0.6) is 0 Å². The van der Waals surface area contributed by atoms with Crippen LogP contribution in [0.25, 0.3) is 0 Å². The lowest BCUT2D eigenvalue weighted by Gasteiger charge is -2.36. The van der Waals surface area contributed by atoms with Gasteiger partial charge in [-0.05, 0) is 38.3 Å². The molecular formula is C18H29N3O3S. The Labute approximate surface area is 151 Å². The van der Waals surface area contributed by atoms with Gasteiger partial charge in [0, 0.05) is 45.5 Å². The minimum absolute atomic E-state index is 0.0798. The second-order valence-corrected chi connectivity index (χ2v) is 9.20. The minimum atomic E-state index is -3.50. The number of hydrogen-bond donors (Lipinski definition) is 0. The number of benzene rings is 1. The van der Waals surface area contributed by atoms with Crippen molar-refractivity contribution in [2.45, 2.75) is 45.4 Å². The van der Waals surface area contributed by atoms with E-state index in [0.717, 1.165) is 24.3 Å². The maximum atomic E-state index is 13.0. The Morgan fingerprint density at radius 2 is 1.72 bits per heavy atom. The highest BCUT2D eigenvalue weighted by Crippen LogP contribution is 2.27. The molecule has 2 heterocycles. The molecule has 0 spiro atoms. The van der Waals surface area contributed by atoms with Crippen LogP contribution in [0.3, 0.4) is 0 Å². The van der Waals surface area contributed by atoms with Crippen molar-refractivity contribution in [1.82, 2.24) is 8.61 Å². The molecule has 2 fully saturated rings. The molecule has 0 unspecified atom stereocenters. The zero-order valence-electron chi connectivity index (χ0n) is 15.4. The van der Waals surface area contributed by atoms with Crippen LogP contribution in [0, 0.1) is 0 Å². The van der Waals surface area contributed by atoms with Crippen LogP contribution < -0.4 is 4.90 Å². The Bertz CT molecular complexity index is 679. The van der Waals surface area contributed by atoms with Gasteiger partial charge >= 0.3 is 0 Å². The summed E-state index contributed by atoms with van der Waals surface area (Å²) in [7, 11) is -1.83. The van der Waals surface area contributed by atoms with E-state index in [0.29, 0.717) is 19.6 Å². The summed E-state index contributed by atoms with van der Waals surface area (Å²) >= 11 is 0. The van der Waals surface area contributed by atoms with Gasteiger partial charge in [-0.2, -0.15) is 17.0 Å². The number of para-hydroxylation sites is 1. The van der Waals surface area contributed by atoms with Gasteiger partial charge in [0.2, 0.25) is 0 Å². The zero-order chi connectivity index (χ0) is 18.0. The molecule has 0 aliphatic carbocycles. The molecule has 3 rings (SSSR count). The predicted octanol–water partition coefficient (Wildman–Crippen LogP) is 2.07. The number of anilines is 1. The van der Waals surface area contributed by atoms with Crippen molar-refractivity contribution in [3.8, 4) is 0 Å². The van der Waals surface area contributed by atoms with E-state index in [1.807, 2.05) is 32.0 Å². The van der Waals surface area contributed by atoms with Crippen molar-refractivity contribution in [1.29, 1.82) is 0 Å². The number of rotatable bonds is 5. The monoisotopic (exact) mass is 367 g/mol. The highest BCUT2D eigenvalue weighted by atomic mass is 32.2. The summed E-state index contributed by atoms with van der Waals surface area (Å²) in [6, 6.07) is 8.13. The molecule has 0 N–H and O–H groups in total. The highest BCUT2D eigenvalue weighted by molar-refractivity contribution is 7.86. The molecule has 2 atom stereocenters. The van der Waals surface area contributed by atoms with Crippen LogP contribution in [0.15, 0.2) is 24.3 Å². The summed E-state index contributed by atoms with van der Waals surface area (Å²) < 4.78 is 34.7. The summed E-state index contributed by atoms with van der Waals surface area (Å²) in [5.41, 5.74) is 2.22. The van der Waals surface area contributed by atoms with Crippen LogP contribution in [0.4, 0.5) is 5.69 Å². The Morgan fingerprint density at radius 1 is 1.12 bits per heavy atom. The number of ether oxygens (including phenoxy) is 1. The summed E-state index contributed by atoms with van der Waals surface area (Å²) in [5.74, 6) is 0. The molecule has 2 aliphatic rings. The van der Waals surface area contributed by atoms with Crippen molar-refractivity contribution >= 4 is 15.9 Å². The molecule has 2 aliphatic heterocycles. The van der Waals surface area contributed by atoms with Crippen LogP contribution in [-0.4, -0.2) is 62.5 Å². The van der Waals surface area contributed by atoms with E-state index >= 15 is 0 Å². The van der Waals surface area contributed by atoms with Crippen molar-refractivity contribution in [3.63, 3.8) is 0 Å². The van der Waals surface area contributed by atoms with E-state index in [-0.39, 0.29) is 12.2 Å². The third kappa shape index (κ3) is 4.16. The van der Waals surface area contributed by atoms with Crippen molar-refractivity contribution in [3.05, 3.63) is 29.8 Å². The van der Waals surface area contributed by atoms with Crippen LogP contribution in [0.1, 0.15) is 32.3 Å². The molecule has 7 heteroatoms. The van der Waals surface area contributed by atoms with Crippen LogP contribution in [-0.2, 0) is 21.5 Å². The average molecular weight is 368 g/mol. The first kappa shape index (κ1) is 18.6. The summed E-state index contributed by atoms with van der Waals surface area (Å²) in [6.45, 7) is 7.13. The van der Waals surface area contributed by atoms with Crippen LogP contribution >= 0.6 is 0 Å². The Morgan fingerprint density at radius 3 is 2.36 bits per heavy atom. The SMILES string of the molecule is C[C@@H]1CN(S(=O)(=O)N(C)Cc2ccccc2N2CCCC2)C[C@@H](C)O1. The molecule has 1 aromatic rings. The fourth-order valence-corrected chi connectivity index (χ4v) is 5.24. The maximum absolute atomic E-state index is 13.0. The van der Waals surface area contributed by atoms with Gasteiger partial charge in [0.25, 0.3) is 10.2 Å². The molecule has 0 aromatic heterocycles. The first-order valence-electron chi connectivity index (χ1n) is 9.07. The second kappa shape index (κ2) is 7.61. The molecular weight excluding hydrogens is 338 g/mol. The molecule has 0 saturated carbocycles. The van der Waals surface area contributed by atoms with Crippen molar-refractivity contribution < 1.29 is 13.2 Å². The topological polar surface area (TPSA) is 53.1 Å². The van der Waals surface area contributed by atoms with E-state index in [1.54, 1.807) is 11.4 Å². The van der Waals surface area contributed by atoms with E-state index in [4.69, 9.17) is 4.74 Å². The van der Waals surface area contributed by atoms with Gasteiger partial charge in [-0.1, -0.05) is 18.2 Å². The standard InChI is InChI=1S/C18H29N3O3S/c1-15-12-21(13-16(2)24-15)25(22,23)19(3)14-17-8-4-5-9-18(17)20-10-6-7-11-20/h4-5,8-9,15-16H,6-7,10-14H2,1-3H3/t15-,16-/m1/s1. The Hall–Kier alpha value is -1.15. The lowest BCUT2D eigenvalue weighted by Crippen LogP contribution is -2.52. The molecule has 25 heavy (non-hydrogen) atoms. The molecule has 0 radical (unpaired) electrons. The number of nitrogens with zero attached hydrogens (tertiary/aromatic N) is 3. The van der Waals surface area contributed by atoms with Gasteiger partial charge < -0.3 is 9.64 Å². The van der Waals surface area contributed by atoms with Gasteiger partial charge in [-0.3, -0.25) is 0 Å². The summed E-state index contributed by atoms with van der Waals surface area (Å²) in [4.78, 5) is 2.36. The number of hydrogen-bond acceptors (Lipinski definition) is 4. The highest BCUT2D eigenvalue weighted by Gasteiger charge is 2.34. The van der Waals surface area contributed by atoms with Gasteiger partial charge in [0.05, 0.1) is 12.2 Å². The van der Waals surface area contributed by atoms with Crippen LogP contribution in [0.2, 0.25) is 0 Å². The fourth-order valence-electron chi connectivity index (χ4n) is 3.75. The van der Waals surface area contributed by atoms with Crippen molar-refractivity contribution in [2.24, 2.45) is 0 Å². The van der Waals surface area contributed by atoms with Gasteiger partial charge in [-0.25, -0.2) is 0 Å². The third-order valence-electron chi connectivity index (χ3n) is 4.94. The van der Waals surface area contributed by atoms with E-state index < -0.39 is 10.2 Å². The summed E-state index contributed by atoms with van der Waals surface area (Å²) in [6.07, 6.45) is 2.24. The lowest BCUT2D eigenvalue weighted by molar-refractivity contribution is -0.0453. The molecule has 0 amide bonds. The third-order valence-corrected chi connectivity index (χ3v) is 6.81. The van der Waals surface area contributed by atoms with E-state index in [9.17, 15) is 8.42 Å². The minimum Gasteiger partial charge on any atom is -0.373 e. The number of morpholine rings is 1. The first-order valence-corrected chi connectivity index (χ1v) is 10.5. The molecule has 0 bridgehead atoms. The predicted molar refractivity (Wildman–Crippen MR) is 99.9 cm³/mol. The Kier molecular flexibility index (Phi) is 5.68. The summed E-state index contributed by atoms with van der Waals surface area (Å²) in [5, 5.41) is 0. The smallest absolute Gasteiger partial charge is 0.282 e. The molecule has 1 aromatic carbocycles. The molecule has 6 nitrogen and oxygen atoms in total. The lowest BCUT2D eigenvalue weighted by atomic mass is 10.1. The van der Waals surface area contributed by atoms with Gasteiger partial charge in [0.1, 0.15) is 0 Å². The second-order valence-electron chi connectivity index (χ2n) is 7.16. The Balaban J connectivity index is 1.76. The quantitative estimate of drug-likeness (QED) is 0.799. The fraction of sp³-hybridized carbons (Fsp3) is 0.667. The van der Waals surface area contributed by atoms with E-state index in [1.165, 1.54) is 17.1 Å². The largest absolute Gasteiger partial charge is 0.373 e. The van der Waals surface area contributed by atoms with E-state index in [2.05, 4.69) is 11.0 Å². The van der Waals surface area contributed by atoms with Crippen molar-refractivity contribution in [2.75, 3.05) is 38.1 Å². The zero-order valence-corrected chi connectivity index (χ0v) is 16.2. The maximum Gasteiger partial charge on any atom is 0.282 e. The molecule has 2 saturated heterocycles. The van der Waals surface area contributed by atoms with Gasteiger partial charge in [0.15, 0.2) is 0 Å². The average Bonchev–Trinajstić information content (AvgIpc) is 3.08. The van der Waals surface area contributed by atoms with Gasteiger partial charge in [-0.15, -0.1) is 0 Å².